The first-order valence-corrected chi connectivity index (χ1v) is 8.44. The second-order valence-corrected chi connectivity index (χ2v) is 7.40. The summed E-state index contributed by atoms with van der Waals surface area (Å²) in [4.78, 5) is 0.233. The summed E-state index contributed by atoms with van der Waals surface area (Å²) in [6, 6.07) is 3.16. The standard InChI is InChI=1S/C12H20N2O2S2/c1-8-5-11(6-12(13)10(8)3)18(15,16)14-7-9(2)17-4/h5-6,9,14H,7,13H2,1-4H3. The van der Waals surface area contributed by atoms with E-state index in [9.17, 15) is 8.42 Å². The number of nitrogens with two attached hydrogens (primary N) is 1. The summed E-state index contributed by atoms with van der Waals surface area (Å²) in [5, 5.41) is 0.240. The zero-order valence-corrected chi connectivity index (χ0v) is 12.8. The van der Waals surface area contributed by atoms with Gasteiger partial charge in [-0.05, 0) is 43.4 Å². The Balaban J connectivity index is 2.99. The Labute approximate surface area is 113 Å². The van der Waals surface area contributed by atoms with Crippen LogP contribution in [0, 0.1) is 13.8 Å². The van der Waals surface area contributed by atoms with Gasteiger partial charge in [0.25, 0.3) is 0 Å². The minimum atomic E-state index is -3.47. The van der Waals surface area contributed by atoms with Crippen molar-refractivity contribution in [3.8, 4) is 0 Å². The number of benzene rings is 1. The molecule has 18 heavy (non-hydrogen) atoms. The van der Waals surface area contributed by atoms with Crippen LogP contribution in [0.3, 0.4) is 0 Å². The maximum Gasteiger partial charge on any atom is 0.240 e. The summed E-state index contributed by atoms with van der Waals surface area (Å²) < 4.78 is 26.8. The van der Waals surface area contributed by atoms with E-state index >= 15 is 0 Å². The van der Waals surface area contributed by atoms with Crippen LogP contribution >= 0.6 is 11.8 Å². The Hall–Kier alpha value is -0.720. The number of hydrogen-bond donors (Lipinski definition) is 2. The van der Waals surface area contributed by atoms with Crippen LogP contribution in [0.5, 0.6) is 0 Å². The maximum absolute atomic E-state index is 12.1. The number of rotatable bonds is 5. The molecule has 1 rings (SSSR count). The minimum absolute atomic E-state index is 0.233. The molecule has 1 unspecified atom stereocenters. The quantitative estimate of drug-likeness (QED) is 0.812. The third-order valence-corrected chi connectivity index (χ3v) is 5.33. The van der Waals surface area contributed by atoms with E-state index < -0.39 is 10.0 Å². The molecule has 0 bridgehead atoms. The topological polar surface area (TPSA) is 72.2 Å². The molecule has 1 aromatic rings. The second kappa shape index (κ2) is 5.95. The normalized spacial score (nSPS) is 13.6. The molecule has 3 N–H and O–H groups in total. The van der Waals surface area contributed by atoms with Crippen molar-refractivity contribution in [2.24, 2.45) is 0 Å². The highest BCUT2D eigenvalue weighted by Crippen LogP contribution is 2.21. The number of nitrogens with one attached hydrogen (secondary N) is 1. The van der Waals surface area contributed by atoms with Crippen LogP contribution in [0.1, 0.15) is 18.1 Å². The Bertz CT molecular complexity index is 504. The molecule has 6 heteroatoms. The van der Waals surface area contributed by atoms with Crippen LogP contribution in [0.4, 0.5) is 5.69 Å². The first kappa shape index (κ1) is 15.3. The van der Waals surface area contributed by atoms with Gasteiger partial charge in [0, 0.05) is 17.5 Å². The highest BCUT2D eigenvalue weighted by atomic mass is 32.2. The molecule has 0 fully saturated rings. The molecule has 0 aliphatic carbocycles. The number of anilines is 1. The first-order chi connectivity index (χ1) is 8.27. The summed E-state index contributed by atoms with van der Waals surface area (Å²) in [7, 11) is -3.47. The van der Waals surface area contributed by atoms with E-state index in [4.69, 9.17) is 5.73 Å². The summed E-state index contributed by atoms with van der Waals surface area (Å²) in [6.45, 7) is 6.12. The van der Waals surface area contributed by atoms with E-state index in [0.717, 1.165) is 11.1 Å². The Morgan fingerprint density at radius 1 is 1.39 bits per heavy atom. The molecule has 0 saturated heterocycles. The van der Waals surface area contributed by atoms with E-state index in [1.54, 1.807) is 17.8 Å². The van der Waals surface area contributed by atoms with Gasteiger partial charge in [0.2, 0.25) is 10.0 Å². The smallest absolute Gasteiger partial charge is 0.240 e. The zero-order valence-electron chi connectivity index (χ0n) is 11.1. The minimum Gasteiger partial charge on any atom is -0.398 e. The fourth-order valence-corrected chi connectivity index (χ4v) is 3.01. The van der Waals surface area contributed by atoms with Gasteiger partial charge < -0.3 is 5.73 Å². The van der Waals surface area contributed by atoms with Gasteiger partial charge in [-0.3, -0.25) is 0 Å². The SMILES string of the molecule is CSC(C)CNS(=O)(=O)c1cc(C)c(C)c(N)c1. The van der Waals surface area contributed by atoms with Gasteiger partial charge in [0.1, 0.15) is 0 Å². The number of aryl methyl sites for hydroxylation is 1. The fourth-order valence-electron chi connectivity index (χ4n) is 1.40. The molecule has 0 spiro atoms. The highest BCUT2D eigenvalue weighted by Gasteiger charge is 2.16. The lowest BCUT2D eigenvalue weighted by molar-refractivity contribution is 0.581. The molecule has 0 saturated carbocycles. The lowest BCUT2D eigenvalue weighted by atomic mass is 10.1. The third kappa shape index (κ3) is 3.63. The van der Waals surface area contributed by atoms with Gasteiger partial charge in [-0.15, -0.1) is 0 Å². The Morgan fingerprint density at radius 3 is 2.50 bits per heavy atom. The largest absolute Gasteiger partial charge is 0.398 e. The van der Waals surface area contributed by atoms with Gasteiger partial charge in [-0.25, -0.2) is 13.1 Å². The monoisotopic (exact) mass is 288 g/mol. The van der Waals surface area contributed by atoms with E-state index in [-0.39, 0.29) is 10.1 Å². The lowest BCUT2D eigenvalue weighted by Gasteiger charge is -2.13. The van der Waals surface area contributed by atoms with Gasteiger partial charge in [-0.1, -0.05) is 6.92 Å². The molecule has 4 nitrogen and oxygen atoms in total. The molecule has 1 aromatic carbocycles. The number of sulfonamides is 1. The van der Waals surface area contributed by atoms with Crippen molar-refractivity contribution in [2.75, 3.05) is 18.5 Å². The van der Waals surface area contributed by atoms with Crippen molar-refractivity contribution in [2.45, 2.75) is 30.9 Å². The molecule has 1 atom stereocenters. The number of thioether (sulfide) groups is 1. The highest BCUT2D eigenvalue weighted by molar-refractivity contribution is 7.99. The molecule has 0 radical (unpaired) electrons. The van der Waals surface area contributed by atoms with Gasteiger partial charge in [-0.2, -0.15) is 11.8 Å². The molecular formula is C12H20N2O2S2. The van der Waals surface area contributed by atoms with Crippen LogP contribution < -0.4 is 10.5 Å². The van der Waals surface area contributed by atoms with Crippen molar-refractivity contribution in [3.63, 3.8) is 0 Å². The maximum atomic E-state index is 12.1. The zero-order chi connectivity index (χ0) is 13.9. The van der Waals surface area contributed by atoms with Crippen LogP contribution in [0.2, 0.25) is 0 Å². The predicted molar refractivity (Wildman–Crippen MR) is 78.5 cm³/mol. The average molecular weight is 288 g/mol. The van der Waals surface area contributed by atoms with Gasteiger partial charge in [0.05, 0.1) is 4.90 Å². The third-order valence-electron chi connectivity index (χ3n) is 2.95. The summed E-state index contributed by atoms with van der Waals surface area (Å²) in [5.41, 5.74) is 8.12. The number of nitrogen functional groups attached to an aromatic ring is 1. The van der Waals surface area contributed by atoms with Crippen LogP contribution in [-0.2, 0) is 10.0 Å². The molecule has 0 heterocycles. The Kier molecular flexibility index (Phi) is 5.07. The molecule has 102 valence electrons. The van der Waals surface area contributed by atoms with Crippen molar-refractivity contribution in [1.82, 2.24) is 4.72 Å². The second-order valence-electron chi connectivity index (χ2n) is 4.35. The molecule has 0 aromatic heterocycles. The van der Waals surface area contributed by atoms with Crippen LogP contribution in [0.15, 0.2) is 17.0 Å². The average Bonchev–Trinajstić information content (AvgIpc) is 2.32. The van der Waals surface area contributed by atoms with E-state index in [0.29, 0.717) is 12.2 Å². The Morgan fingerprint density at radius 2 is 2.00 bits per heavy atom. The van der Waals surface area contributed by atoms with Crippen LogP contribution in [0.25, 0.3) is 0 Å². The summed E-state index contributed by atoms with van der Waals surface area (Å²) in [5.74, 6) is 0. The predicted octanol–water partition coefficient (Wildman–Crippen LogP) is 1.92. The molecule has 0 amide bonds. The van der Waals surface area contributed by atoms with Crippen molar-refractivity contribution >= 4 is 27.5 Å². The van der Waals surface area contributed by atoms with Gasteiger partial charge in [0.15, 0.2) is 0 Å². The van der Waals surface area contributed by atoms with E-state index in [1.807, 2.05) is 27.0 Å². The van der Waals surface area contributed by atoms with Crippen LogP contribution in [-0.4, -0.2) is 26.5 Å². The molecule has 0 aliphatic rings. The van der Waals surface area contributed by atoms with E-state index in [2.05, 4.69) is 4.72 Å². The number of hydrogen-bond acceptors (Lipinski definition) is 4. The lowest BCUT2D eigenvalue weighted by Crippen LogP contribution is -2.29. The van der Waals surface area contributed by atoms with E-state index in [1.165, 1.54) is 6.07 Å². The molecular weight excluding hydrogens is 268 g/mol. The summed E-state index contributed by atoms with van der Waals surface area (Å²) >= 11 is 1.62. The fraction of sp³-hybridized carbons (Fsp3) is 0.500. The first-order valence-electron chi connectivity index (χ1n) is 5.67. The molecule has 0 aliphatic heterocycles. The van der Waals surface area contributed by atoms with Crippen molar-refractivity contribution in [3.05, 3.63) is 23.3 Å². The van der Waals surface area contributed by atoms with Crippen molar-refractivity contribution in [1.29, 1.82) is 0 Å². The summed E-state index contributed by atoms with van der Waals surface area (Å²) in [6.07, 6.45) is 1.95. The van der Waals surface area contributed by atoms with Crippen molar-refractivity contribution < 1.29 is 8.42 Å². The van der Waals surface area contributed by atoms with Gasteiger partial charge >= 0.3 is 0 Å².